The van der Waals surface area contributed by atoms with Gasteiger partial charge in [0.1, 0.15) is 5.69 Å². The molecule has 0 bridgehead atoms. The molecule has 0 saturated heterocycles. The highest BCUT2D eigenvalue weighted by Gasteiger charge is 2.37. The van der Waals surface area contributed by atoms with Crippen molar-refractivity contribution < 1.29 is 26.7 Å². The van der Waals surface area contributed by atoms with Crippen LogP contribution in [0.4, 0.5) is 22.0 Å². The summed E-state index contributed by atoms with van der Waals surface area (Å²) < 4.78 is 67.5. The molecule has 0 atom stereocenters. The summed E-state index contributed by atoms with van der Waals surface area (Å²) in [6.45, 7) is 0. The lowest BCUT2D eigenvalue weighted by molar-refractivity contribution is -0.138. The van der Waals surface area contributed by atoms with Crippen molar-refractivity contribution in [1.82, 2.24) is 4.98 Å². The Bertz CT molecular complexity index is 478. The van der Waals surface area contributed by atoms with E-state index >= 15 is 0 Å². The molecule has 0 N–H and O–H groups in total. The lowest BCUT2D eigenvalue weighted by atomic mass is 10.0. The van der Waals surface area contributed by atoms with Crippen LogP contribution < -0.4 is 4.74 Å². The van der Waals surface area contributed by atoms with E-state index in [0.29, 0.717) is 0 Å². The van der Waals surface area contributed by atoms with E-state index in [9.17, 15) is 22.0 Å². The van der Waals surface area contributed by atoms with Crippen molar-refractivity contribution in [1.29, 1.82) is 5.26 Å². The zero-order chi connectivity index (χ0) is 13.9. The molecule has 0 spiro atoms. The Morgan fingerprint density at radius 2 is 2.06 bits per heavy atom. The summed E-state index contributed by atoms with van der Waals surface area (Å²) >= 11 is 0. The van der Waals surface area contributed by atoms with Crippen LogP contribution in [-0.4, -0.2) is 12.1 Å². The molecular formula is C10H7F5N2O. The van der Waals surface area contributed by atoms with Crippen molar-refractivity contribution in [2.24, 2.45) is 0 Å². The molecule has 0 fully saturated rings. The third-order valence-electron chi connectivity index (χ3n) is 2.14. The zero-order valence-electron chi connectivity index (χ0n) is 9.05. The maximum atomic E-state index is 12.6. The Labute approximate surface area is 98.8 Å². The normalized spacial score (nSPS) is 11.4. The van der Waals surface area contributed by atoms with Crippen LogP contribution in [0, 0.1) is 11.3 Å². The fourth-order valence-corrected chi connectivity index (χ4v) is 1.43. The highest BCUT2D eigenvalue weighted by molar-refractivity contribution is 5.45. The van der Waals surface area contributed by atoms with Gasteiger partial charge >= 0.3 is 6.18 Å². The Morgan fingerprint density at radius 1 is 1.44 bits per heavy atom. The quantitative estimate of drug-likeness (QED) is 0.789. The Kier molecular flexibility index (Phi) is 4.06. The maximum Gasteiger partial charge on any atom is 0.418 e. The molecule has 1 rings (SSSR count). The van der Waals surface area contributed by atoms with Crippen molar-refractivity contribution >= 4 is 0 Å². The van der Waals surface area contributed by atoms with Crippen LogP contribution in [0.3, 0.4) is 0 Å². The molecular weight excluding hydrogens is 259 g/mol. The maximum absolute atomic E-state index is 12.6. The van der Waals surface area contributed by atoms with E-state index < -0.39 is 41.6 Å². The van der Waals surface area contributed by atoms with Crippen molar-refractivity contribution in [3.05, 3.63) is 23.0 Å². The van der Waals surface area contributed by atoms with E-state index in [-0.39, 0.29) is 6.20 Å². The zero-order valence-corrected chi connectivity index (χ0v) is 9.05. The molecule has 98 valence electrons. The first-order chi connectivity index (χ1) is 8.32. The Morgan fingerprint density at radius 3 is 2.44 bits per heavy atom. The van der Waals surface area contributed by atoms with Crippen LogP contribution in [0.2, 0.25) is 0 Å². The fraction of sp³-hybridized carbons (Fsp3) is 0.400. The third kappa shape index (κ3) is 2.67. The molecule has 8 heteroatoms. The first-order valence-corrected chi connectivity index (χ1v) is 4.61. The number of pyridine rings is 1. The fourth-order valence-electron chi connectivity index (χ4n) is 1.43. The van der Waals surface area contributed by atoms with Crippen LogP contribution in [-0.2, 0) is 12.6 Å². The number of rotatable bonds is 3. The average Bonchev–Trinajstić information content (AvgIpc) is 2.27. The van der Waals surface area contributed by atoms with E-state index in [2.05, 4.69) is 9.72 Å². The summed E-state index contributed by atoms with van der Waals surface area (Å²) in [5, 5.41) is 8.48. The molecule has 0 aliphatic carbocycles. The molecule has 0 amide bonds. The smallest absolute Gasteiger partial charge is 0.418 e. The highest BCUT2D eigenvalue weighted by atomic mass is 19.4. The standard InChI is InChI=1S/C10H7F5N2O/c1-18-8-5(2-3-16)6(10(13,14)15)4-17-7(8)9(11)12/h4,9H,2H2,1H3. The number of aromatic nitrogens is 1. The Balaban J connectivity index is 3.54. The molecule has 0 radical (unpaired) electrons. The summed E-state index contributed by atoms with van der Waals surface area (Å²) in [6.07, 6.45) is -8.27. The van der Waals surface area contributed by atoms with Gasteiger partial charge in [0, 0.05) is 11.8 Å². The molecule has 3 nitrogen and oxygen atoms in total. The predicted molar refractivity (Wildman–Crippen MR) is 50.1 cm³/mol. The van der Waals surface area contributed by atoms with Crippen LogP contribution in [0.15, 0.2) is 6.20 Å². The third-order valence-corrected chi connectivity index (χ3v) is 2.14. The number of hydrogen-bond donors (Lipinski definition) is 0. The van der Waals surface area contributed by atoms with Crippen LogP contribution in [0.1, 0.15) is 23.2 Å². The molecule has 1 aromatic heterocycles. The molecule has 18 heavy (non-hydrogen) atoms. The topological polar surface area (TPSA) is 45.9 Å². The molecule has 0 aromatic carbocycles. The molecule has 0 saturated carbocycles. The van der Waals surface area contributed by atoms with Gasteiger partial charge in [0.25, 0.3) is 6.43 Å². The molecule has 1 aromatic rings. The van der Waals surface area contributed by atoms with Gasteiger partial charge in [0.05, 0.1) is 25.2 Å². The van der Waals surface area contributed by atoms with Gasteiger partial charge in [-0.25, -0.2) is 8.78 Å². The van der Waals surface area contributed by atoms with Gasteiger partial charge in [-0.3, -0.25) is 4.98 Å². The van der Waals surface area contributed by atoms with Crippen molar-refractivity contribution in [3.8, 4) is 11.8 Å². The molecule has 0 unspecified atom stereocenters. The number of nitriles is 1. The van der Waals surface area contributed by atoms with Gasteiger partial charge in [-0.15, -0.1) is 0 Å². The highest BCUT2D eigenvalue weighted by Crippen LogP contribution is 2.39. The van der Waals surface area contributed by atoms with Gasteiger partial charge in [0.2, 0.25) is 0 Å². The van der Waals surface area contributed by atoms with E-state index in [1.807, 2.05) is 0 Å². The summed E-state index contributed by atoms with van der Waals surface area (Å²) in [5.74, 6) is -0.693. The van der Waals surface area contributed by atoms with Crippen LogP contribution in [0.5, 0.6) is 5.75 Å². The second kappa shape index (κ2) is 5.16. The van der Waals surface area contributed by atoms with Gasteiger partial charge in [-0.1, -0.05) is 0 Å². The minimum atomic E-state index is -4.78. The molecule has 0 aliphatic heterocycles. The lowest BCUT2D eigenvalue weighted by Gasteiger charge is -2.16. The lowest BCUT2D eigenvalue weighted by Crippen LogP contribution is -2.13. The predicted octanol–water partition coefficient (Wildman–Crippen LogP) is 3.11. The second-order valence-corrected chi connectivity index (χ2v) is 3.20. The van der Waals surface area contributed by atoms with Gasteiger partial charge in [-0.2, -0.15) is 18.4 Å². The van der Waals surface area contributed by atoms with Crippen LogP contribution >= 0.6 is 0 Å². The number of nitrogens with zero attached hydrogens (tertiary/aromatic N) is 2. The number of methoxy groups -OCH3 is 1. The Hall–Kier alpha value is -1.91. The van der Waals surface area contributed by atoms with E-state index in [1.54, 1.807) is 0 Å². The molecule has 1 heterocycles. The first-order valence-electron chi connectivity index (χ1n) is 4.61. The minimum Gasteiger partial charge on any atom is -0.494 e. The number of ether oxygens (including phenoxy) is 1. The van der Waals surface area contributed by atoms with E-state index in [1.165, 1.54) is 6.07 Å². The van der Waals surface area contributed by atoms with E-state index in [4.69, 9.17) is 5.26 Å². The minimum absolute atomic E-state index is 0.288. The number of halogens is 5. The van der Waals surface area contributed by atoms with Gasteiger partial charge in [-0.05, 0) is 0 Å². The monoisotopic (exact) mass is 266 g/mol. The average molecular weight is 266 g/mol. The number of alkyl halides is 5. The van der Waals surface area contributed by atoms with Crippen LogP contribution in [0.25, 0.3) is 0 Å². The van der Waals surface area contributed by atoms with E-state index in [0.717, 1.165) is 7.11 Å². The van der Waals surface area contributed by atoms with Crippen molar-refractivity contribution in [2.75, 3.05) is 7.11 Å². The number of hydrogen-bond acceptors (Lipinski definition) is 3. The largest absolute Gasteiger partial charge is 0.494 e. The first kappa shape index (κ1) is 14.2. The van der Waals surface area contributed by atoms with Gasteiger partial charge < -0.3 is 4.74 Å². The summed E-state index contributed by atoms with van der Waals surface area (Å²) in [6, 6.07) is 1.48. The van der Waals surface area contributed by atoms with Gasteiger partial charge in [0.15, 0.2) is 5.75 Å². The summed E-state index contributed by atoms with van der Waals surface area (Å²) in [5.41, 5.74) is -2.78. The SMILES string of the molecule is COc1c(C(F)F)ncc(C(F)(F)F)c1CC#N. The van der Waals surface area contributed by atoms with Crippen molar-refractivity contribution in [3.63, 3.8) is 0 Å². The summed E-state index contributed by atoms with van der Waals surface area (Å²) in [7, 11) is 0.948. The van der Waals surface area contributed by atoms with Crippen molar-refractivity contribution in [2.45, 2.75) is 19.0 Å². The molecule has 0 aliphatic rings. The summed E-state index contributed by atoms with van der Waals surface area (Å²) in [4.78, 5) is 3.05. The second-order valence-electron chi connectivity index (χ2n) is 3.20.